The zero-order chi connectivity index (χ0) is 11.7. The second-order valence-corrected chi connectivity index (χ2v) is 4.93. The fraction of sp³-hybridized carbons (Fsp3) is 0.154. The summed E-state index contributed by atoms with van der Waals surface area (Å²) in [6, 6.07) is 8.16. The van der Waals surface area contributed by atoms with E-state index in [1.807, 2.05) is 37.5 Å². The average Bonchev–Trinajstić information content (AvgIpc) is 2.81. The maximum Gasteiger partial charge on any atom is 0.0892 e. The van der Waals surface area contributed by atoms with Crippen LogP contribution in [0.15, 0.2) is 36.7 Å². The quantitative estimate of drug-likeness (QED) is 0.692. The Kier molecular flexibility index (Phi) is 2.57. The summed E-state index contributed by atoms with van der Waals surface area (Å²) in [4.78, 5) is 10.2. The first kappa shape index (κ1) is 10.4. The van der Waals surface area contributed by atoms with E-state index < -0.39 is 0 Å². The largest absolute Gasteiger partial charge is 0.254 e. The second-order valence-electron chi connectivity index (χ2n) is 4.01. The Hall–Kier alpha value is -1.81. The molecule has 3 rings (SSSR count). The van der Waals surface area contributed by atoms with Crippen molar-refractivity contribution in [2.24, 2.45) is 0 Å². The normalized spacial score (nSPS) is 10.9. The molecular weight excluding hydrogens is 230 g/mol. The first-order valence-electron chi connectivity index (χ1n) is 5.43. The van der Waals surface area contributed by atoms with E-state index in [0.29, 0.717) is 0 Å². The van der Waals surface area contributed by atoms with E-state index in [1.54, 1.807) is 0 Å². The number of aryl methyl sites for hydroxylation is 1. The molecule has 0 radical (unpaired) electrons. The van der Waals surface area contributed by atoms with Gasteiger partial charge in [0.25, 0.3) is 0 Å². The SMILES string of the molecule is Cc1cnc2ccc(Cc3ccns3)nc2c1. The molecule has 0 N–H and O–H groups in total. The minimum absolute atomic E-state index is 0.842. The minimum atomic E-state index is 0.842. The summed E-state index contributed by atoms with van der Waals surface area (Å²) >= 11 is 1.52. The zero-order valence-corrected chi connectivity index (χ0v) is 10.2. The van der Waals surface area contributed by atoms with Gasteiger partial charge in [0, 0.05) is 29.4 Å². The summed E-state index contributed by atoms with van der Waals surface area (Å²) in [6.07, 6.45) is 4.54. The number of hydrogen-bond donors (Lipinski definition) is 0. The molecule has 0 saturated carbocycles. The van der Waals surface area contributed by atoms with E-state index in [-0.39, 0.29) is 0 Å². The molecule has 0 fully saturated rings. The fourth-order valence-corrected chi connectivity index (χ4v) is 2.35. The lowest BCUT2D eigenvalue weighted by Crippen LogP contribution is -1.92. The van der Waals surface area contributed by atoms with Crippen LogP contribution < -0.4 is 0 Å². The van der Waals surface area contributed by atoms with Gasteiger partial charge >= 0.3 is 0 Å². The molecule has 0 atom stereocenters. The van der Waals surface area contributed by atoms with E-state index in [4.69, 9.17) is 0 Å². The molecule has 3 heterocycles. The van der Waals surface area contributed by atoms with Crippen molar-refractivity contribution < 1.29 is 0 Å². The van der Waals surface area contributed by atoms with Gasteiger partial charge in [0.05, 0.1) is 11.0 Å². The topological polar surface area (TPSA) is 38.7 Å². The molecule has 0 aromatic carbocycles. The molecule has 0 bridgehead atoms. The van der Waals surface area contributed by atoms with E-state index in [2.05, 4.69) is 20.4 Å². The summed E-state index contributed by atoms with van der Waals surface area (Å²) < 4.78 is 4.10. The van der Waals surface area contributed by atoms with Gasteiger partial charge < -0.3 is 0 Å². The van der Waals surface area contributed by atoms with Gasteiger partial charge in [-0.3, -0.25) is 9.97 Å². The van der Waals surface area contributed by atoms with Crippen LogP contribution >= 0.6 is 11.5 Å². The molecule has 3 aromatic heterocycles. The third-order valence-electron chi connectivity index (χ3n) is 2.58. The van der Waals surface area contributed by atoms with Gasteiger partial charge in [-0.1, -0.05) is 0 Å². The van der Waals surface area contributed by atoms with E-state index in [1.165, 1.54) is 16.4 Å². The molecule has 3 nitrogen and oxygen atoms in total. The van der Waals surface area contributed by atoms with E-state index in [9.17, 15) is 0 Å². The maximum atomic E-state index is 4.63. The van der Waals surface area contributed by atoms with Gasteiger partial charge in [-0.2, -0.15) is 0 Å². The van der Waals surface area contributed by atoms with Crippen molar-refractivity contribution in [2.45, 2.75) is 13.3 Å². The van der Waals surface area contributed by atoms with Crippen LogP contribution in [0.3, 0.4) is 0 Å². The summed E-state index contributed by atoms with van der Waals surface area (Å²) in [6.45, 7) is 2.03. The van der Waals surface area contributed by atoms with Gasteiger partial charge in [0.2, 0.25) is 0 Å². The Bertz CT molecular complexity index is 647. The first-order chi connectivity index (χ1) is 8.31. The van der Waals surface area contributed by atoms with Gasteiger partial charge in [-0.25, -0.2) is 4.37 Å². The van der Waals surface area contributed by atoms with Crippen molar-refractivity contribution in [2.75, 3.05) is 0 Å². The van der Waals surface area contributed by atoms with Crippen LogP contribution in [0.25, 0.3) is 11.0 Å². The van der Waals surface area contributed by atoms with Crippen molar-refractivity contribution in [3.05, 3.63) is 52.8 Å². The Morgan fingerprint density at radius 3 is 2.94 bits per heavy atom. The fourth-order valence-electron chi connectivity index (χ4n) is 1.76. The highest BCUT2D eigenvalue weighted by atomic mass is 32.1. The summed E-state index contributed by atoms with van der Waals surface area (Å²) in [5.41, 5.74) is 4.12. The average molecular weight is 241 g/mol. The van der Waals surface area contributed by atoms with Crippen molar-refractivity contribution in [1.29, 1.82) is 0 Å². The molecule has 0 unspecified atom stereocenters. The molecule has 0 spiro atoms. The molecule has 0 aliphatic rings. The van der Waals surface area contributed by atoms with Gasteiger partial charge in [-0.15, -0.1) is 0 Å². The number of nitrogens with zero attached hydrogens (tertiary/aromatic N) is 3. The number of hydrogen-bond acceptors (Lipinski definition) is 4. The van der Waals surface area contributed by atoms with Crippen molar-refractivity contribution in [1.82, 2.24) is 14.3 Å². The van der Waals surface area contributed by atoms with Crippen LogP contribution in [0.2, 0.25) is 0 Å². The molecule has 17 heavy (non-hydrogen) atoms. The third-order valence-corrected chi connectivity index (χ3v) is 3.32. The predicted octanol–water partition coefficient (Wildman–Crippen LogP) is 2.99. The number of aromatic nitrogens is 3. The molecule has 3 aromatic rings. The summed E-state index contributed by atoms with van der Waals surface area (Å²) in [7, 11) is 0. The van der Waals surface area contributed by atoms with Crippen LogP contribution in [0, 0.1) is 6.92 Å². The first-order valence-corrected chi connectivity index (χ1v) is 6.20. The van der Waals surface area contributed by atoms with Crippen molar-refractivity contribution in [3.8, 4) is 0 Å². The predicted molar refractivity (Wildman–Crippen MR) is 69.2 cm³/mol. The summed E-state index contributed by atoms with van der Waals surface area (Å²) in [5.74, 6) is 0. The maximum absolute atomic E-state index is 4.63. The lowest BCUT2D eigenvalue weighted by Gasteiger charge is -2.01. The Labute approximate surface area is 103 Å². The minimum Gasteiger partial charge on any atom is -0.254 e. The number of pyridine rings is 2. The van der Waals surface area contributed by atoms with Crippen LogP contribution in [0.5, 0.6) is 0 Å². The monoisotopic (exact) mass is 241 g/mol. The van der Waals surface area contributed by atoms with Crippen LogP contribution in [0.4, 0.5) is 0 Å². The Balaban J connectivity index is 2.01. The Morgan fingerprint density at radius 2 is 2.12 bits per heavy atom. The van der Waals surface area contributed by atoms with Gasteiger partial charge in [0.1, 0.15) is 0 Å². The zero-order valence-electron chi connectivity index (χ0n) is 9.42. The highest BCUT2D eigenvalue weighted by molar-refractivity contribution is 7.05. The lowest BCUT2D eigenvalue weighted by atomic mass is 10.2. The van der Waals surface area contributed by atoms with E-state index in [0.717, 1.165) is 28.7 Å². The number of fused-ring (bicyclic) bond motifs is 1. The van der Waals surface area contributed by atoms with Crippen LogP contribution in [-0.4, -0.2) is 14.3 Å². The molecule has 0 amide bonds. The molecule has 0 saturated heterocycles. The standard InChI is InChI=1S/C13H11N3S/c1-9-6-13-12(14-8-9)3-2-10(16-13)7-11-4-5-15-17-11/h2-6,8H,7H2,1H3. The molecular formula is C13H11N3S. The van der Waals surface area contributed by atoms with Gasteiger partial charge in [0.15, 0.2) is 0 Å². The van der Waals surface area contributed by atoms with Crippen LogP contribution in [-0.2, 0) is 6.42 Å². The molecule has 84 valence electrons. The molecule has 4 heteroatoms. The third kappa shape index (κ3) is 2.17. The summed E-state index contributed by atoms with van der Waals surface area (Å²) in [5, 5.41) is 0. The van der Waals surface area contributed by atoms with Gasteiger partial charge in [-0.05, 0) is 48.3 Å². The van der Waals surface area contributed by atoms with Crippen LogP contribution in [0.1, 0.15) is 16.1 Å². The highest BCUT2D eigenvalue weighted by Gasteiger charge is 2.02. The Morgan fingerprint density at radius 1 is 1.18 bits per heavy atom. The lowest BCUT2D eigenvalue weighted by molar-refractivity contribution is 1.12. The van der Waals surface area contributed by atoms with E-state index >= 15 is 0 Å². The van der Waals surface area contributed by atoms with Crippen molar-refractivity contribution >= 4 is 22.6 Å². The second kappa shape index (κ2) is 4.22. The molecule has 0 aliphatic heterocycles. The highest BCUT2D eigenvalue weighted by Crippen LogP contribution is 2.15. The smallest absolute Gasteiger partial charge is 0.0892 e. The van der Waals surface area contributed by atoms with Crippen molar-refractivity contribution in [3.63, 3.8) is 0 Å². The number of rotatable bonds is 2. The molecule has 0 aliphatic carbocycles.